The van der Waals surface area contributed by atoms with Crippen LogP contribution in [0.3, 0.4) is 0 Å². The third-order valence-electron chi connectivity index (χ3n) is 6.08. The van der Waals surface area contributed by atoms with Gasteiger partial charge in [0.15, 0.2) is 0 Å². The second-order valence-corrected chi connectivity index (χ2v) is 10.2. The van der Waals surface area contributed by atoms with Gasteiger partial charge < -0.3 is 20.4 Å². The number of carbonyl (C=O) groups is 2. The van der Waals surface area contributed by atoms with Gasteiger partial charge in [0.1, 0.15) is 17.0 Å². The van der Waals surface area contributed by atoms with E-state index in [2.05, 4.69) is 11.6 Å². The number of hydrogen-bond acceptors (Lipinski definition) is 7. The van der Waals surface area contributed by atoms with Gasteiger partial charge in [0.05, 0.1) is 18.3 Å². The molecule has 1 aromatic heterocycles. The first-order chi connectivity index (χ1) is 17.8. The molecule has 1 atom stereocenters. The molecule has 2 aromatic rings. The lowest BCUT2D eigenvalue weighted by Gasteiger charge is -2.14. The van der Waals surface area contributed by atoms with Gasteiger partial charge in [0.25, 0.3) is 0 Å². The van der Waals surface area contributed by atoms with E-state index in [1.165, 1.54) is 30.6 Å². The summed E-state index contributed by atoms with van der Waals surface area (Å²) in [4.78, 5) is 26.5. The van der Waals surface area contributed by atoms with Crippen LogP contribution in [0.2, 0.25) is 0 Å². The summed E-state index contributed by atoms with van der Waals surface area (Å²) in [5.41, 5.74) is 10.5. The zero-order valence-electron chi connectivity index (χ0n) is 22.2. The number of hydrogen-bond donors (Lipinski definition) is 2. The van der Waals surface area contributed by atoms with Crippen LogP contribution >= 0.6 is 11.3 Å². The van der Waals surface area contributed by atoms with Crippen LogP contribution < -0.4 is 5.73 Å². The largest absolute Gasteiger partial charge is 0.508 e. The Bertz CT molecular complexity index is 1100. The van der Waals surface area contributed by atoms with Crippen LogP contribution in [-0.2, 0) is 27.2 Å². The Morgan fingerprint density at radius 2 is 2.03 bits per heavy atom. The molecule has 200 valence electrons. The summed E-state index contributed by atoms with van der Waals surface area (Å²) < 4.78 is 4.99. The highest BCUT2D eigenvalue weighted by molar-refractivity contribution is 7.09. The predicted octanol–water partition coefficient (Wildman–Crippen LogP) is 6.50. The lowest BCUT2D eigenvalue weighted by molar-refractivity contribution is -0.138. The molecule has 37 heavy (non-hydrogen) atoms. The van der Waals surface area contributed by atoms with E-state index in [0.717, 1.165) is 46.5 Å². The number of allylic oxidation sites excluding steroid dienone is 3. The zero-order chi connectivity index (χ0) is 27.2. The van der Waals surface area contributed by atoms with Gasteiger partial charge in [-0.2, -0.15) is 0 Å². The Balaban J connectivity index is 0.000000510. The zero-order valence-corrected chi connectivity index (χ0v) is 23.1. The molecule has 0 bridgehead atoms. The molecule has 3 rings (SSSR count). The third kappa shape index (κ3) is 10.5. The summed E-state index contributed by atoms with van der Waals surface area (Å²) in [7, 11) is 0. The topological polar surface area (TPSA) is 103 Å². The first-order valence-corrected chi connectivity index (χ1v) is 13.8. The molecular formula is C30H40N2O4S. The van der Waals surface area contributed by atoms with Gasteiger partial charge in [-0.15, -0.1) is 17.9 Å². The van der Waals surface area contributed by atoms with Crippen LogP contribution in [0.1, 0.15) is 80.7 Å². The average molecular weight is 525 g/mol. The second-order valence-electron chi connectivity index (χ2n) is 9.35. The number of carbonyl (C=O) groups excluding carboxylic acids is 2. The molecule has 1 heterocycles. The fraction of sp³-hybridized carbons (Fsp3) is 0.433. The third-order valence-corrected chi connectivity index (χ3v) is 7.07. The van der Waals surface area contributed by atoms with Gasteiger partial charge in [-0.05, 0) is 81.4 Å². The van der Waals surface area contributed by atoms with Crippen LogP contribution in [0.25, 0.3) is 6.08 Å². The van der Waals surface area contributed by atoms with E-state index in [9.17, 15) is 14.7 Å². The Morgan fingerprint density at radius 1 is 1.30 bits per heavy atom. The summed E-state index contributed by atoms with van der Waals surface area (Å²) in [5.74, 6) is 0.361. The summed E-state index contributed by atoms with van der Waals surface area (Å²) >= 11 is 1.51. The van der Waals surface area contributed by atoms with Gasteiger partial charge in [-0.25, -0.2) is 9.78 Å². The molecule has 0 amide bonds. The molecule has 7 heteroatoms. The van der Waals surface area contributed by atoms with Crippen LogP contribution in [0.4, 0.5) is 0 Å². The van der Waals surface area contributed by atoms with Crippen molar-refractivity contribution < 1.29 is 19.4 Å². The smallest absolute Gasteiger partial charge is 0.333 e. The average Bonchev–Trinajstić information content (AvgIpc) is 3.35. The fourth-order valence-electron chi connectivity index (χ4n) is 4.15. The number of phenolic OH excluding ortho intramolecular Hbond substituents is 1. The summed E-state index contributed by atoms with van der Waals surface area (Å²) in [6, 6.07) is 5.29. The number of benzene rings is 1. The van der Waals surface area contributed by atoms with Crippen molar-refractivity contribution in [1.82, 2.24) is 4.98 Å². The minimum atomic E-state index is -0.314. The maximum Gasteiger partial charge on any atom is 0.333 e. The van der Waals surface area contributed by atoms with Crippen molar-refractivity contribution >= 4 is 29.7 Å². The van der Waals surface area contributed by atoms with E-state index in [1.54, 1.807) is 32.1 Å². The first kappa shape index (κ1) is 30.2. The van der Waals surface area contributed by atoms with Gasteiger partial charge in [-0.3, -0.25) is 0 Å². The Hall–Kier alpha value is -3.03. The normalized spacial score (nSPS) is 15.4. The van der Waals surface area contributed by atoms with Gasteiger partial charge in [0, 0.05) is 16.9 Å². The molecule has 1 aliphatic carbocycles. The molecule has 0 aliphatic heterocycles. The molecule has 1 fully saturated rings. The quantitative estimate of drug-likeness (QED) is 0.121. The number of ether oxygens (including phenoxy) is 1. The van der Waals surface area contributed by atoms with E-state index < -0.39 is 0 Å². The van der Waals surface area contributed by atoms with Gasteiger partial charge in [0.2, 0.25) is 0 Å². The number of thiazole rings is 1. The Morgan fingerprint density at radius 3 is 2.65 bits per heavy atom. The number of phenols is 1. The summed E-state index contributed by atoms with van der Waals surface area (Å²) in [5, 5.41) is 12.7. The van der Waals surface area contributed by atoms with Crippen molar-refractivity contribution in [3.63, 3.8) is 0 Å². The minimum Gasteiger partial charge on any atom is -0.508 e. The SMILES string of the molecule is C=CCc1cc(CC(N)c2nc(/C=C(C)/C=C(/C)C(=O)OCC)cs2)ccc1O.O=CC1CCCCC1. The highest BCUT2D eigenvalue weighted by Crippen LogP contribution is 2.25. The molecule has 6 nitrogen and oxygen atoms in total. The highest BCUT2D eigenvalue weighted by atomic mass is 32.1. The molecule has 1 aromatic carbocycles. The van der Waals surface area contributed by atoms with E-state index in [1.807, 2.05) is 30.5 Å². The molecule has 1 aliphatic rings. The number of rotatable bonds is 10. The predicted molar refractivity (Wildman–Crippen MR) is 151 cm³/mol. The highest BCUT2D eigenvalue weighted by Gasteiger charge is 2.13. The molecule has 1 saturated carbocycles. The van der Waals surface area contributed by atoms with E-state index >= 15 is 0 Å². The van der Waals surface area contributed by atoms with Crippen molar-refractivity contribution in [2.75, 3.05) is 6.61 Å². The summed E-state index contributed by atoms with van der Waals surface area (Å²) in [6.45, 7) is 9.51. The lowest BCUT2D eigenvalue weighted by atomic mass is 9.91. The number of nitrogens with two attached hydrogens (primary N) is 1. The van der Waals surface area contributed by atoms with Crippen molar-refractivity contribution in [2.45, 2.75) is 71.8 Å². The maximum atomic E-state index is 11.7. The van der Waals surface area contributed by atoms with Crippen molar-refractivity contribution in [1.29, 1.82) is 0 Å². The van der Waals surface area contributed by atoms with E-state index in [0.29, 0.717) is 30.9 Å². The van der Waals surface area contributed by atoms with Crippen LogP contribution in [0, 0.1) is 5.92 Å². The van der Waals surface area contributed by atoms with Gasteiger partial charge >= 0.3 is 5.97 Å². The fourth-order valence-corrected chi connectivity index (χ4v) is 4.93. The van der Waals surface area contributed by atoms with Crippen LogP contribution in [0.15, 0.2) is 53.5 Å². The van der Waals surface area contributed by atoms with E-state index in [4.69, 9.17) is 10.5 Å². The molecule has 0 radical (unpaired) electrons. The monoisotopic (exact) mass is 524 g/mol. The van der Waals surface area contributed by atoms with Crippen molar-refractivity contribution in [3.05, 3.63) is 75.3 Å². The van der Waals surface area contributed by atoms with Crippen molar-refractivity contribution in [2.24, 2.45) is 11.7 Å². The number of aromatic hydroxyl groups is 1. The second kappa shape index (κ2) is 15.9. The van der Waals surface area contributed by atoms with E-state index in [-0.39, 0.29) is 17.8 Å². The standard InChI is InChI=1S/C23H28N2O3S.C7H12O/c1-5-7-18-12-17(8-9-21(18)26)13-20(24)22-25-19(14-29-22)11-15(3)10-16(4)23(27)28-6-2;8-6-7-4-2-1-3-5-7/h5,8-12,14,20,26H,1,6-7,13,24H2,2-4H3;6-7H,1-5H2/b15-11+,16-10-;. The van der Waals surface area contributed by atoms with Crippen LogP contribution in [-0.4, -0.2) is 29.0 Å². The van der Waals surface area contributed by atoms with Crippen LogP contribution in [0.5, 0.6) is 5.75 Å². The Kier molecular flexibility index (Phi) is 13.0. The number of nitrogens with zero attached hydrogens (tertiary/aromatic N) is 1. The number of aldehydes is 1. The van der Waals surface area contributed by atoms with Gasteiger partial charge in [-0.1, -0.05) is 37.5 Å². The maximum absolute atomic E-state index is 11.7. The molecule has 0 saturated heterocycles. The first-order valence-electron chi connectivity index (χ1n) is 12.9. The number of aromatic nitrogens is 1. The summed E-state index contributed by atoms with van der Waals surface area (Å²) in [6.07, 6.45) is 14.0. The van der Waals surface area contributed by atoms with Crippen molar-refractivity contribution in [3.8, 4) is 5.75 Å². The Labute approximate surface area is 225 Å². The lowest BCUT2D eigenvalue weighted by Crippen LogP contribution is -2.13. The minimum absolute atomic E-state index is 0.236. The number of esters is 1. The molecule has 0 spiro atoms. The molecule has 3 N–H and O–H groups in total. The molecule has 1 unspecified atom stereocenters. The molecular weight excluding hydrogens is 484 g/mol.